The summed E-state index contributed by atoms with van der Waals surface area (Å²) >= 11 is 3.31. The van der Waals surface area contributed by atoms with E-state index in [9.17, 15) is 0 Å². The molecule has 0 aliphatic carbocycles. The van der Waals surface area contributed by atoms with E-state index >= 15 is 0 Å². The van der Waals surface area contributed by atoms with Crippen molar-refractivity contribution in [3.05, 3.63) is 46.3 Å². The van der Waals surface area contributed by atoms with Crippen LogP contribution in [0.4, 0.5) is 0 Å². The molecule has 1 unspecified atom stereocenters. The summed E-state index contributed by atoms with van der Waals surface area (Å²) < 4.78 is 17.1. The summed E-state index contributed by atoms with van der Waals surface area (Å²) in [6.45, 7) is 3.06. The predicted molar refractivity (Wildman–Crippen MR) is 74.2 cm³/mol. The third-order valence-corrected chi connectivity index (χ3v) is 3.52. The number of hydrogen-bond donors (Lipinski definition) is 1. The van der Waals surface area contributed by atoms with Crippen molar-refractivity contribution in [1.82, 2.24) is 5.32 Å². The number of halogens is 1. The largest absolute Gasteiger partial charge is 0.454 e. The molecule has 0 spiro atoms. The topological polar surface area (TPSA) is 43.6 Å². The summed E-state index contributed by atoms with van der Waals surface area (Å²) in [6, 6.07) is 9.90. The van der Waals surface area contributed by atoms with Crippen LogP contribution < -0.4 is 14.8 Å². The quantitative estimate of drug-likeness (QED) is 0.933. The molecule has 100 valence electrons. The standard InChI is InChI=1S/C14H14BrNO3/c1-9(11-5-6-13(15)19-11)16-7-10-3-2-4-12-14(10)18-8-17-12/h2-6,9,16H,7-8H2,1H3. The SMILES string of the molecule is CC(NCc1cccc2c1OCO2)c1ccc(Br)o1. The Balaban J connectivity index is 1.68. The van der Waals surface area contributed by atoms with E-state index in [4.69, 9.17) is 13.9 Å². The van der Waals surface area contributed by atoms with Gasteiger partial charge in [0.05, 0.1) is 6.04 Å². The number of nitrogens with one attached hydrogen (secondary N) is 1. The lowest BCUT2D eigenvalue weighted by Crippen LogP contribution is -2.17. The highest BCUT2D eigenvalue weighted by Gasteiger charge is 2.18. The van der Waals surface area contributed by atoms with E-state index in [0.717, 1.165) is 27.5 Å². The molecule has 0 radical (unpaired) electrons. The molecule has 0 bridgehead atoms. The van der Waals surface area contributed by atoms with Crippen molar-refractivity contribution >= 4 is 15.9 Å². The fourth-order valence-electron chi connectivity index (χ4n) is 2.05. The van der Waals surface area contributed by atoms with E-state index in [2.05, 4.69) is 28.2 Å². The molecule has 1 aromatic carbocycles. The molecule has 1 N–H and O–H groups in total. The van der Waals surface area contributed by atoms with Gasteiger partial charge < -0.3 is 19.2 Å². The van der Waals surface area contributed by atoms with Crippen LogP contribution in [0.2, 0.25) is 0 Å². The van der Waals surface area contributed by atoms with Crippen LogP contribution >= 0.6 is 15.9 Å². The lowest BCUT2D eigenvalue weighted by molar-refractivity contribution is 0.173. The lowest BCUT2D eigenvalue weighted by atomic mass is 10.1. The molecule has 0 amide bonds. The zero-order valence-electron chi connectivity index (χ0n) is 10.5. The van der Waals surface area contributed by atoms with E-state index in [-0.39, 0.29) is 6.04 Å². The van der Waals surface area contributed by atoms with Gasteiger partial charge in [-0.25, -0.2) is 0 Å². The van der Waals surface area contributed by atoms with Crippen molar-refractivity contribution in [2.45, 2.75) is 19.5 Å². The Morgan fingerprint density at radius 2 is 2.16 bits per heavy atom. The maximum atomic E-state index is 5.52. The fraction of sp³-hybridized carbons (Fsp3) is 0.286. The van der Waals surface area contributed by atoms with Crippen LogP contribution in [0.1, 0.15) is 24.3 Å². The maximum absolute atomic E-state index is 5.52. The highest BCUT2D eigenvalue weighted by molar-refractivity contribution is 9.10. The van der Waals surface area contributed by atoms with Crippen LogP contribution in [0.25, 0.3) is 0 Å². The van der Waals surface area contributed by atoms with Gasteiger partial charge in [0.15, 0.2) is 16.2 Å². The molecule has 2 aromatic rings. The van der Waals surface area contributed by atoms with Gasteiger partial charge >= 0.3 is 0 Å². The second-order valence-electron chi connectivity index (χ2n) is 4.40. The second kappa shape index (κ2) is 5.27. The smallest absolute Gasteiger partial charge is 0.231 e. The highest BCUT2D eigenvalue weighted by Crippen LogP contribution is 2.35. The molecule has 0 saturated heterocycles. The molecule has 1 aliphatic heterocycles. The number of ether oxygens (including phenoxy) is 2. The van der Waals surface area contributed by atoms with Gasteiger partial charge in [-0.2, -0.15) is 0 Å². The van der Waals surface area contributed by atoms with Crippen LogP contribution in [0.3, 0.4) is 0 Å². The first kappa shape index (κ1) is 12.6. The number of para-hydroxylation sites is 1. The first-order valence-electron chi connectivity index (χ1n) is 6.10. The fourth-order valence-corrected chi connectivity index (χ4v) is 2.37. The first-order chi connectivity index (χ1) is 9.24. The Bertz CT molecular complexity index is 582. The molecular weight excluding hydrogens is 310 g/mol. The van der Waals surface area contributed by atoms with Crippen LogP contribution in [0.5, 0.6) is 11.5 Å². The molecule has 19 heavy (non-hydrogen) atoms. The van der Waals surface area contributed by atoms with E-state index < -0.39 is 0 Å². The van der Waals surface area contributed by atoms with Crippen LogP contribution in [0.15, 0.2) is 39.4 Å². The van der Waals surface area contributed by atoms with Crippen molar-refractivity contribution in [1.29, 1.82) is 0 Å². The van der Waals surface area contributed by atoms with E-state index in [1.165, 1.54) is 0 Å². The van der Waals surface area contributed by atoms with E-state index in [1.54, 1.807) is 0 Å². The van der Waals surface area contributed by atoms with Crippen molar-refractivity contribution in [3.8, 4) is 11.5 Å². The summed E-state index contributed by atoms with van der Waals surface area (Å²) in [7, 11) is 0. The highest BCUT2D eigenvalue weighted by atomic mass is 79.9. The molecule has 0 saturated carbocycles. The van der Waals surface area contributed by atoms with Crippen LogP contribution in [0, 0.1) is 0 Å². The first-order valence-corrected chi connectivity index (χ1v) is 6.89. The van der Waals surface area contributed by atoms with Crippen LogP contribution in [-0.2, 0) is 6.54 Å². The molecule has 0 fully saturated rings. The summed E-state index contributed by atoms with van der Waals surface area (Å²) in [5.41, 5.74) is 1.09. The molecule has 1 atom stereocenters. The summed E-state index contributed by atoms with van der Waals surface area (Å²) in [4.78, 5) is 0. The molecule has 5 heteroatoms. The van der Waals surface area contributed by atoms with Gasteiger partial charge in [-0.3, -0.25) is 0 Å². The van der Waals surface area contributed by atoms with Gasteiger partial charge in [-0.15, -0.1) is 0 Å². The molecule has 2 heterocycles. The van der Waals surface area contributed by atoms with Crippen molar-refractivity contribution in [3.63, 3.8) is 0 Å². The number of hydrogen-bond acceptors (Lipinski definition) is 4. The van der Waals surface area contributed by atoms with Crippen molar-refractivity contribution in [2.75, 3.05) is 6.79 Å². The average molecular weight is 324 g/mol. The van der Waals surface area contributed by atoms with Crippen LogP contribution in [-0.4, -0.2) is 6.79 Å². The van der Waals surface area contributed by atoms with Gasteiger partial charge in [0, 0.05) is 12.1 Å². The Labute approximate surface area is 119 Å². The average Bonchev–Trinajstić information content (AvgIpc) is 3.04. The van der Waals surface area contributed by atoms with Gasteiger partial charge in [0.1, 0.15) is 5.76 Å². The number of rotatable bonds is 4. The summed E-state index contributed by atoms with van der Waals surface area (Å²) in [5.74, 6) is 2.55. The lowest BCUT2D eigenvalue weighted by Gasteiger charge is -2.12. The third kappa shape index (κ3) is 2.62. The summed E-state index contributed by atoms with van der Waals surface area (Å²) in [6.07, 6.45) is 0. The molecule has 1 aliphatic rings. The Kier molecular flexibility index (Phi) is 3.48. The number of benzene rings is 1. The monoisotopic (exact) mass is 323 g/mol. The normalized spacial score (nSPS) is 14.6. The zero-order valence-corrected chi connectivity index (χ0v) is 12.1. The second-order valence-corrected chi connectivity index (χ2v) is 5.18. The van der Waals surface area contributed by atoms with Gasteiger partial charge in [0.25, 0.3) is 0 Å². The Hall–Kier alpha value is -1.46. The summed E-state index contributed by atoms with van der Waals surface area (Å²) in [5, 5.41) is 3.41. The molecule has 3 rings (SSSR count). The number of furan rings is 1. The molecule has 1 aromatic heterocycles. The maximum Gasteiger partial charge on any atom is 0.231 e. The van der Waals surface area contributed by atoms with Gasteiger partial charge in [-0.05, 0) is 41.1 Å². The van der Waals surface area contributed by atoms with Crippen molar-refractivity contribution in [2.24, 2.45) is 0 Å². The Morgan fingerprint density at radius 1 is 1.26 bits per heavy atom. The van der Waals surface area contributed by atoms with Crippen molar-refractivity contribution < 1.29 is 13.9 Å². The van der Waals surface area contributed by atoms with E-state index in [1.807, 2.05) is 30.3 Å². The number of fused-ring (bicyclic) bond motifs is 1. The third-order valence-electron chi connectivity index (χ3n) is 3.10. The van der Waals surface area contributed by atoms with Gasteiger partial charge in [-0.1, -0.05) is 12.1 Å². The minimum Gasteiger partial charge on any atom is -0.454 e. The molecule has 4 nitrogen and oxygen atoms in total. The Morgan fingerprint density at radius 3 is 2.95 bits per heavy atom. The molecular formula is C14H14BrNO3. The predicted octanol–water partition coefficient (Wildman–Crippen LogP) is 3.62. The van der Waals surface area contributed by atoms with E-state index in [0.29, 0.717) is 13.3 Å². The van der Waals surface area contributed by atoms with Gasteiger partial charge in [0.2, 0.25) is 6.79 Å². The zero-order chi connectivity index (χ0) is 13.2. The minimum absolute atomic E-state index is 0.129. The minimum atomic E-state index is 0.129.